The van der Waals surface area contributed by atoms with Gasteiger partial charge in [0, 0.05) is 18.3 Å². The number of para-hydroxylation sites is 1. The van der Waals surface area contributed by atoms with Gasteiger partial charge in [0.05, 0.1) is 6.54 Å². The maximum atomic E-state index is 12.4. The summed E-state index contributed by atoms with van der Waals surface area (Å²) in [5.74, 6) is 0.0694. The zero-order valence-electron chi connectivity index (χ0n) is 13.8. The van der Waals surface area contributed by atoms with Crippen LogP contribution in [0.1, 0.15) is 43.7 Å². The Morgan fingerprint density at radius 2 is 2.27 bits per heavy atom. The van der Waals surface area contributed by atoms with Gasteiger partial charge in [-0.25, -0.2) is 0 Å². The first-order valence-electron chi connectivity index (χ1n) is 8.39. The Labute approximate surface area is 133 Å². The second kappa shape index (κ2) is 8.30. The normalized spacial score (nSPS) is 18.6. The summed E-state index contributed by atoms with van der Waals surface area (Å²) in [7, 11) is 0. The molecule has 122 valence electrons. The monoisotopic (exact) mass is 304 g/mol. The van der Waals surface area contributed by atoms with E-state index >= 15 is 0 Å². The van der Waals surface area contributed by atoms with E-state index in [0.29, 0.717) is 12.6 Å². The van der Waals surface area contributed by atoms with E-state index in [1.807, 2.05) is 19.1 Å². The summed E-state index contributed by atoms with van der Waals surface area (Å²) >= 11 is 0. The van der Waals surface area contributed by atoms with Crippen molar-refractivity contribution in [1.82, 2.24) is 4.90 Å². The molecule has 0 aliphatic carbocycles. The Morgan fingerprint density at radius 3 is 3.00 bits per heavy atom. The molecular formula is C18H28N2O2. The molecule has 4 nitrogen and oxygen atoms in total. The van der Waals surface area contributed by atoms with Crippen LogP contribution in [0.2, 0.25) is 0 Å². The van der Waals surface area contributed by atoms with Gasteiger partial charge in [-0.1, -0.05) is 25.1 Å². The molecule has 1 unspecified atom stereocenters. The minimum absolute atomic E-state index is 0.0694. The summed E-state index contributed by atoms with van der Waals surface area (Å²) in [6, 6.07) is 6.59. The molecule has 2 N–H and O–H groups in total. The van der Waals surface area contributed by atoms with E-state index in [-0.39, 0.29) is 12.5 Å². The third-order valence-electron chi connectivity index (χ3n) is 4.55. The molecule has 1 aliphatic rings. The third-order valence-corrected chi connectivity index (χ3v) is 4.55. The molecule has 1 amide bonds. The number of hydrogen-bond donors (Lipinski definition) is 2. The maximum Gasteiger partial charge on any atom is 0.238 e. The molecule has 22 heavy (non-hydrogen) atoms. The molecule has 1 fully saturated rings. The molecule has 0 saturated carbocycles. The van der Waals surface area contributed by atoms with Crippen molar-refractivity contribution in [1.29, 1.82) is 0 Å². The van der Waals surface area contributed by atoms with Crippen LogP contribution in [0.5, 0.6) is 0 Å². The lowest BCUT2D eigenvalue weighted by Gasteiger charge is -2.24. The van der Waals surface area contributed by atoms with Crippen molar-refractivity contribution in [2.24, 2.45) is 0 Å². The molecule has 0 spiro atoms. The highest BCUT2D eigenvalue weighted by molar-refractivity contribution is 5.93. The predicted molar refractivity (Wildman–Crippen MR) is 90.1 cm³/mol. The minimum Gasteiger partial charge on any atom is -0.396 e. The van der Waals surface area contributed by atoms with Gasteiger partial charge >= 0.3 is 0 Å². The fraction of sp³-hybridized carbons (Fsp3) is 0.611. The minimum atomic E-state index is 0.0694. The summed E-state index contributed by atoms with van der Waals surface area (Å²) in [4.78, 5) is 14.7. The Hall–Kier alpha value is -1.39. The SMILES string of the molecule is CCc1cccc(C)c1NC(=O)CN1CCCC1CCCO. The molecule has 0 aromatic heterocycles. The number of amides is 1. The van der Waals surface area contributed by atoms with Gasteiger partial charge in [0.1, 0.15) is 0 Å². The number of aryl methyl sites for hydroxylation is 2. The van der Waals surface area contributed by atoms with Gasteiger partial charge in [-0.3, -0.25) is 9.69 Å². The van der Waals surface area contributed by atoms with Crippen LogP contribution in [0, 0.1) is 6.92 Å². The van der Waals surface area contributed by atoms with Crippen LogP contribution in [0.4, 0.5) is 5.69 Å². The van der Waals surface area contributed by atoms with Crippen molar-refractivity contribution >= 4 is 11.6 Å². The van der Waals surface area contributed by atoms with Gasteiger partial charge in [0.15, 0.2) is 0 Å². The van der Waals surface area contributed by atoms with E-state index in [9.17, 15) is 4.79 Å². The number of hydrogen-bond acceptors (Lipinski definition) is 3. The molecule has 0 bridgehead atoms. The number of carbonyl (C=O) groups excluding carboxylic acids is 1. The van der Waals surface area contributed by atoms with Crippen LogP contribution in [-0.2, 0) is 11.2 Å². The van der Waals surface area contributed by atoms with E-state index in [0.717, 1.165) is 49.9 Å². The zero-order valence-corrected chi connectivity index (χ0v) is 13.8. The lowest BCUT2D eigenvalue weighted by molar-refractivity contribution is -0.117. The third kappa shape index (κ3) is 4.31. The lowest BCUT2D eigenvalue weighted by atomic mass is 10.1. The van der Waals surface area contributed by atoms with Gasteiger partial charge in [-0.05, 0) is 56.7 Å². The number of anilines is 1. The summed E-state index contributed by atoms with van der Waals surface area (Å²) in [6.45, 7) is 5.82. The quantitative estimate of drug-likeness (QED) is 0.814. The first kappa shape index (κ1) is 17.0. The highest BCUT2D eigenvalue weighted by Gasteiger charge is 2.25. The van der Waals surface area contributed by atoms with E-state index in [4.69, 9.17) is 5.11 Å². The molecule has 1 aromatic rings. The Bertz CT molecular complexity index is 502. The number of aliphatic hydroxyl groups excluding tert-OH is 1. The lowest BCUT2D eigenvalue weighted by Crippen LogP contribution is -2.37. The van der Waals surface area contributed by atoms with Crippen LogP contribution in [0.15, 0.2) is 18.2 Å². The summed E-state index contributed by atoms with van der Waals surface area (Å²) < 4.78 is 0. The number of nitrogens with one attached hydrogen (secondary N) is 1. The van der Waals surface area contributed by atoms with Crippen LogP contribution in [0.25, 0.3) is 0 Å². The van der Waals surface area contributed by atoms with Crippen molar-refractivity contribution in [2.45, 2.75) is 52.0 Å². The second-order valence-corrected chi connectivity index (χ2v) is 6.14. The summed E-state index contributed by atoms with van der Waals surface area (Å²) in [5, 5.41) is 12.1. The first-order chi connectivity index (χ1) is 10.7. The van der Waals surface area contributed by atoms with E-state index < -0.39 is 0 Å². The molecule has 2 rings (SSSR count). The molecule has 0 radical (unpaired) electrons. The molecule has 1 aliphatic heterocycles. The Balaban J connectivity index is 1.95. The predicted octanol–water partition coefficient (Wildman–Crippen LogP) is 2.73. The van der Waals surface area contributed by atoms with Crippen LogP contribution in [-0.4, -0.2) is 41.7 Å². The number of carbonyl (C=O) groups is 1. The number of likely N-dealkylation sites (tertiary alicyclic amines) is 1. The van der Waals surface area contributed by atoms with Gasteiger partial charge in [-0.2, -0.15) is 0 Å². The van der Waals surface area contributed by atoms with Gasteiger partial charge < -0.3 is 10.4 Å². The smallest absolute Gasteiger partial charge is 0.238 e. The van der Waals surface area contributed by atoms with E-state index in [1.165, 1.54) is 5.56 Å². The largest absolute Gasteiger partial charge is 0.396 e. The Kier molecular flexibility index (Phi) is 6.40. The van der Waals surface area contributed by atoms with E-state index in [1.54, 1.807) is 0 Å². The molecule has 1 heterocycles. The number of benzene rings is 1. The topological polar surface area (TPSA) is 52.6 Å². The molecule has 4 heteroatoms. The van der Waals surface area contributed by atoms with Crippen molar-refractivity contribution in [3.63, 3.8) is 0 Å². The average molecular weight is 304 g/mol. The maximum absolute atomic E-state index is 12.4. The van der Waals surface area contributed by atoms with Gasteiger partial charge in [0.2, 0.25) is 5.91 Å². The molecule has 1 aromatic carbocycles. The van der Waals surface area contributed by atoms with Crippen molar-refractivity contribution in [3.8, 4) is 0 Å². The van der Waals surface area contributed by atoms with E-state index in [2.05, 4.69) is 23.2 Å². The number of aliphatic hydroxyl groups is 1. The second-order valence-electron chi connectivity index (χ2n) is 6.14. The summed E-state index contributed by atoms with van der Waals surface area (Å²) in [5.41, 5.74) is 3.28. The fourth-order valence-electron chi connectivity index (χ4n) is 3.32. The standard InChI is InChI=1S/C18H28N2O2/c1-3-15-8-4-7-14(2)18(15)19-17(22)13-20-11-5-9-16(20)10-6-12-21/h4,7-8,16,21H,3,5-6,9-13H2,1-2H3,(H,19,22). The van der Waals surface area contributed by atoms with Crippen LogP contribution >= 0.6 is 0 Å². The van der Waals surface area contributed by atoms with Crippen molar-refractivity contribution in [3.05, 3.63) is 29.3 Å². The molecular weight excluding hydrogens is 276 g/mol. The highest BCUT2D eigenvalue weighted by Crippen LogP contribution is 2.23. The van der Waals surface area contributed by atoms with Crippen LogP contribution in [0.3, 0.4) is 0 Å². The van der Waals surface area contributed by atoms with Gasteiger partial charge in [-0.15, -0.1) is 0 Å². The highest BCUT2D eigenvalue weighted by atomic mass is 16.3. The van der Waals surface area contributed by atoms with Crippen molar-refractivity contribution < 1.29 is 9.90 Å². The number of nitrogens with zero attached hydrogens (tertiary/aromatic N) is 1. The zero-order chi connectivity index (χ0) is 15.9. The van der Waals surface area contributed by atoms with Gasteiger partial charge in [0.25, 0.3) is 0 Å². The van der Waals surface area contributed by atoms with Crippen molar-refractivity contribution in [2.75, 3.05) is 25.0 Å². The Morgan fingerprint density at radius 1 is 1.45 bits per heavy atom. The molecule has 1 saturated heterocycles. The first-order valence-corrected chi connectivity index (χ1v) is 8.39. The summed E-state index contributed by atoms with van der Waals surface area (Å²) in [6.07, 6.45) is 5.00. The number of rotatable bonds is 7. The van der Waals surface area contributed by atoms with Crippen LogP contribution < -0.4 is 5.32 Å². The molecule has 1 atom stereocenters. The fourth-order valence-corrected chi connectivity index (χ4v) is 3.32. The average Bonchev–Trinajstić information content (AvgIpc) is 2.94.